The Morgan fingerprint density at radius 3 is 3.29 bits per heavy atom. The molecule has 0 saturated carbocycles. The Kier molecular flexibility index (Phi) is 2.84. The van der Waals surface area contributed by atoms with Gasteiger partial charge in [0.2, 0.25) is 5.88 Å². The molecule has 14 heavy (non-hydrogen) atoms. The molecule has 0 amide bonds. The van der Waals surface area contributed by atoms with Gasteiger partial charge in [0.05, 0.1) is 13.2 Å². The van der Waals surface area contributed by atoms with Gasteiger partial charge in [-0.15, -0.1) is 0 Å². The summed E-state index contributed by atoms with van der Waals surface area (Å²) < 4.78 is 10.7. The predicted molar refractivity (Wildman–Crippen MR) is 53.1 cm³/mol. The van der Waals surface area contributed by atoms with Crippen molar-refractivity contribution >= 4 is 5.69 Å². The highest BCUT2D eigenvalue weighted by Crippen LogP contribution is 2.15. The summed E-state index contributed by atoms with van der Waals surface area (Å²) in [5.74, 6) is 1.09. The van der Waals surface area contributed by atoms with Crippen LogP contribution < -0.4 is 10.5 Å². The second-order valence-electron chi connectivity index (χ2n) is 3.47. The first-order valence-electron chi connectivity index (χ1n) is 4.76. The molecule has 0 spiro atoms. The molecule has 1 atom stereocenters. The van der Waals surface area contributed by atoms with Crippen LogP contribution in [0.15, 0.2) is 18.3 Å². The molecular formula is C10H14N2O2. The number of hydrogen-bond donors (Lipinski definition) is 1. The summed E-state index contributed by atoms with van der Waals surface area (Å²) in [6.07, 6.45) is 2.72. The predicted octanol–water partition coefficient (Wildman–Crippen LogP) is 1.08. The van der Waals surface area contributed by atoms with Crippen LogP contribution in [-0.2, 0) is 4.74 Å². The minimum Gasteiger partial charge on any atom is -0.477 e. The van der Waals surface area contributed by atoms with Gasteiger partial charge in [0, 0.05) is 30.5 Å². The van der Waals surface area contributed by atoms with Crippen LogP contribution in [-0.4, -0.2) is 24.8 Å². The fourth-order valence-electron chi connectivity index (χ4n) is 1.42. The highest BCUT2D eigenvalue weighted by Gasteiger charge is 2.16. The van der Waals surface area contributed by atoms with Gasteiger partial charge in [0.1, 0.15) is 0 Å². The molecule has 0 bridgehead atoms. The molecule has 0 aromatic carbocycles. The zero-order valence-electron chi connectivity index (χ0n) is 7.98. The average Bonchev–Trinajstić information content (AvgIpc) is 2.67. The monoisotopic (exact) mass is 194 g/mol. The van der Waals surface area contributed by atoms with E-state index in [2.05, 4.69) is 4.98 Å². The summed E-state index contributed by atoms with van der Waals surface area (Å²) in [7, 11) is 0. The van der Waals surface area contributed by atoms with Crippen LogP contribution in [0.4, 0.5) is 5.69 Å². The Labute approximate surface area is 83.0 Å². The topological polar surface area (TPSA) is 57.4 Å². The van der Waals surface area contributed by atoms with E-state index in [0.717, 1.165) is 19.6 Å². The zero-order chi connectivity index (χ0) is 9.80. The normalized spacial score (nSPS) is 21.0. The molecule has 1 fully saturated rings. The molecule has 2 rings (SSSR count). The number of aromatic nitrogens is 1. The fourth-order valence-corrected chi connectivity index (χ4v) is 1.42. The molecule has 0 aliphatic carbocycles. The van der Waals surface area contributed by atoms with Crippen molar-refractivity contribution in [2.75, 3.05) is 25.6 Å². The van der Waals surface area contributed by atoms with E-state index in [9.17, 15) is 0 Å². The zero-order valence-corrected chi connectivity index (χ0v) is 7.98. The Balaban J connectivity index is 1.85. The minimum absolute atomic E-state index is 0.498. The Morgan fingerprint density at radius 2 is 2.57 bits per heavy atom. The number of pyridine rings is 1. The Hall–Kier alpha value is -1.29. The number of hydrogen-bond acceptors (Lipinski definition) is 4. The highest BCUT2D eigenvalue weighted by atomic mass is 16.5. The third-order valence-corrected chi connectivity index (χ3v) is 2.25. The van der Waals surface area contributed by atoms with Gasteiger partial charge >= 0.3 is 0 Å². The largest absolute Gasteiger partial charge is 0.477 e. The number of ether oxygens (including phenoxy) is 2. The molecule has 1 saturated heterocycles. The van der Waals surface area contributed by atoms with E-state index in [4.69, 9.17) is 15.2 Å². The molecule has 4 heteroatoms. The highest BCUT2D eigenvalue weighted by molar-refractivity contribution is 5.39. The van der Waals surface area contributed by atoms with Crippen LogP contribution in [0.1, 0.15) is 6.42 Å². The van der Waals surface area contributed by atoms with Crippen molar-refractivity contribution in [3.63, 3.8) is 0 Å². The standard InChI is InChI=1S/C10H14N2O2/c11-9-1-3-12-10(5-9)14-7-8-2-4-13-6-8/h1,3,5,8H,2,4,6-7H2,(H2,11,12). The van der Waals surface area contributed by atoms with E-state index in [0.29, 0.717) is 24.1 Å². The van der Waals surface area contributed by atoms with E-state index >= 15 is 0 Å². The Bertz CT molecular complexity index is 298. The van der Waals surface area contributed by atoms with Crippen molar-refractivity contribution in [2.24, 2.45) is 5.92 Å². The summed E-state index contributed by atoms with van der Waals surface area (Å²) in [6, 6.07) is 3.47. The van der Waals surface area contributed by atoms with Gasteiger partial charge in [-0.3, -0.25) is 0 Å². The molecular weight excluding hydrogens is 180 g/mol. The second kappa shape index (κ2) is 4.28. The third-order valence-electron chi connectivity index (χ3n) is 2.25. The fraction of sp³-hybridized carbons (Fsp3) is 0.500. The van der Waals surface area contributed by atoms with Crippen LogP contribution in [0.25, 0.3) is 0 Å². The van der Waals surface area contributed by atoms with Gasteiger partial charge in [0.15, 0.2) is 0 Å². The van der Waals surface area contributed by atoms with Crippen molar-refractivity contribution in [3.8, 4) is 5.88 Å². The van der Waals surface area contributed by atoms with Crippen LogP contribution in [0, 0.1) is 5.92 Å². The SMILES string of the molecule is Nc1ccnc(OCC2CCOC2)c1. The average molecular weight is 194 g/mol. The maximum atomic E-state index is 5.60. The Morgan fingerprint density at radius 1 is 1.64 bits per heavy atom. The van der Waals surface area contributed by atoms with Crippen molar-refractivity contribution in [3.05, 3.63) is 18.3 Å². The van der Waals surface area contributed by atoms with Crippen molar-refractivity contribution in [2.45, 2.75) is 6.42 Å². The van der Waals surface area contributed by atoms with Crippen LogP contribution in [0.5, 0.6) is 5.88 Å². The molecule has 1 aromatic heterocycles. The first-order chi connectivity index (χ1) is 6.84. The van der Waals surface area contributed by atoms with E-state index < -0.39 is 0 Å². The number of rotatable bonds is 3. The number of nitrogens with zero attached hydrogens (tertiary/aromatic N) is 1. The van der Waals surface area contributed by atoms with Crippen LogP contribution in [0.3, 0.4) is 0 Å². The van der Waals surface area contributed by atoms with Gasteiger partial charge in [-0.2, -0.15) is 0 Å². The van der Waals surface area contributed by atoms with Crippen molar-refractivity contribution < 1.29 is 9.47 Å². The molecule has 2 N–H and O–H groups in total. The van der Waals surface area contributed by atoms with E-state index in [1.807, 2.05) is 0 Å². The number of nitrogen functional groups attached to an aromatic ring is 1. The van der Waals surface area contributed by atoms with Gasteiger partial charge in [-0.05, 0) is 12.5 Å². The van der Waals surface area contributed by atoms with Gasteiger partial charge in [0.25, 0.3) is 0 Å². The van der Waals surface area contributed by atoms with E-state index in [1.165, 1.54) is 0 Å². The quantitative estimate of drug-likeness (QED) is 0.782. The first kappa shape index (κ1) is 9.27. The summed E-state index contributed by atoms with van der Waals surface area (Å²) in [5, 5.41) is 0. The molecule has 1 aliphatic rings. The maximum Gasteiger partial charge on any atom is 0.215 e. The number of nitrogens with two attached hydrogens (primary N) is 1. The van der Waals surface area contributed by atoms with E-state index in [1.54, 1.807) is 18.3 Å². The van der Waals surface area contributed by atoms with Crippen LogP contribution in [0.2, 0.25) is 0 Å². The summed E-state index contributed by atoms with van der Waals surface area (Å²) in [6.45, 7) is 2.30. The van der Waals surface area contributed by atoms with Gasteiger partial charge in [-0.25, -0.2) is 4.98 Å². The first-order valence-corrected chi connectivity index (χ1v) is 4.76. The summed E-state index contributed by atoms with van der Waals surface area (Å²) >= 11 is 0. The lowest BCUT2D eigenvalue weighted by Gasteiger charge is -2.09. The lowest BCUT2D eigenvalue weighted by molar-refractivity contribution is 0.165. The minimum atomic E-state index is 0.498. The van der Waals surface area contributed by atoms with Gasteiger partial charge < -0.3 is 15.2 Å². The van der Waals surface area contributed by atoms with Gasteiger partial charge in [-0.1, -0.05) is 0 Å². The third kappa shape index (κ3) is 2.35. The van der Waals surface area contributed by atoms with Crippen LogP contribution >= 0.6 is 0 Å². The van der Waals surface area contributed by atoms with Crippen molar-refractivity contribution in [1.82, 2.24) is 4.98 Å². The lowest BCUT2D eigenvalue weighted by atomic mass is 10.1. The molecule has 0 radical (unpaired) electrons. The molecule has 2 heterocycles. The maximum absolute atomic E-state index is 5.60. The summed E-state index contributed by atoms with van der Waals surface area (Å²) in [5.41, 5.74) is 6.28. The molecule has 4 nitrogen and oxygen atoms in total. The molecule has 1 unspecified atom stereocenters. The van der Waals surface area contributed by atoms with Crippen molar-refractivity contribution in [1.29, 1.82) is 0 Å². The van der Waals surface area contributed by atoms with E-state index in [-0.39, 0.29) is 0 Å². The summed E-state index contributed by atoms with van der Waals surface area (Å²) in [4.78, 5) is 4.06. The number of anilines is 1. The second-order valence-corrected chi connectivity index (χ2v) is 3.47. The smallest absolute Gasteiger partial charge is 0.215 e. The molecule has 1 aliphatic heterocycles. The lowest BCUT2D eigenvalue weighted by Crippen LogP contribution is -2.12. The molecule has 1 aromatic rings. The molecule has 76 valence electrons.